The molecule has 0 aliphatic heterocycles. The van der Waals surface area contributed by atoms with E-state index in [1.807, 2.05) is 12.1 Å². The Morgan fingerprint density at radius 1 is 1.29 bits per heavy atom. The molecule has 0 fully saturated rings. The highest BCUT2D eigenvalue weighted by atomic mass is 79.9. The Labute approximate surface area is 137 Å². The number of hydrogen-bond acceptors (Lipinski definition) is 5. The van der Waals surface area contributed by atoms with E-state index in [0.717, 1.165) is 27.3 Å². The quantitative estimate of drug-likeness (QED) is 0.824. The van der Waals surface area contributed by atoms with Gasteiger partial charge in [0.05, 0.1) is 19.9 Å². The van der Waals surface area contributed by atoms with Crippen LogP contribution in [0.15, 0.2) is 22.0 Å². The van der Waals surface area contributed by atoms with Crippen molar-refractivity contribution in [3.05, 3.63) is 27.7 Å². The molecule has 1 N–H and O–H groups in total. The van der Waals surface area contributed by atoms with Crippen molar-refractivity contribution in [1.82, 2.24) is 10.3 Å². The van der Waals surface area contributed by atoms with Crippen LogP contribution in [0.4, 0.5) is 0 Å². The molecule has 4 nitrogen and oxygen atoms in total. The van der Waals surface area contributed by atoms with E-state index >= 15 is 0 Å². The van der Waals surface area contributed by atoms with Gasteiger partial charge in [-0.2, -0.15) is 0 Å². The van der Waals surface area contributed by atoms with Crippen LogP contribution >= 0.6 is 27.3 Å². The summed E-state index contributed by atoms with van der Waals surface area (Å²) in [6.45, 7) is 5.13. The molecule has 21 heavy (non-hydrogen) atoms. The Morgan fingerprint density at radius 2 is 1.95 bits per heavy atom. The van der Waals surface area contributed by atoms with Crippen molar-refractivity contribution in [3.8, 4) is 22.1 Å². The standard InChI is InChI=1S/C15H19BrN2O2S/c1-5-17-9(2)12-8-21-15(18-12)10-6-13(19-3)14(20-4)7-11(10)16/h6-9,17H,5H2,1-4H3. The van der Waals surface area contributed by atoms with Crippen LogP contribution in [-0.4, -0.2) is 25.7 Å². The summed E-state index contributed by atoms with van der Waals surface area (Å²) in [6, 6.07) is 4.10. The third-order valence-corrected chi connectivity index (χ3v) is 4.73. The minimum atomic E-state index is 0.249. The first kappa shape index (κ1) is 16.3. The number of halogens is 1. The molecule has 6 heteroatoms. The predicted molar refractivity (Wildman–Crippen MR) is 90.4 cm³/mol. The van der Waals surface area contributed by atoms with E-state index in [4.69, 9.17) is 14.5 Å². The van der Waals surface area contributed by atoms with Crippen molar-refractivity contribution in [2.75, 3.05) is 20.8 Å². The van der Waals surface area contributed by atoms with E-state index in [1.54, 1.807) is 25.6 Å². The molecule has 2 rings (SSSR count). The van der Waals surface area contributed by atoms with E-state index in [2.05, 4.69) is 40.5 Å². The van der Waals surface area contributed by atoms with Gasteiger partial charge in [-0.3, -0.25) is 0 Å². The Bertz CT molecular complexity index is 616. The maximum atomic E-state index is 5.36. The minimum absolute atomic E-state index is 0.249. The summed E-state index contributed by atoms with van der Waals surface area (Å²) in [5.41, 5.74) is 2.06. The van der Waals surface area contributed by atoms with Crippen LogP contribution in [0, 0.1) is 0 Å². The number of thiazole rings is 1. The molecule has 0 amide bonds. The largest absolute Gasteiger partial charge is 0.493 e. The maximum Gasteiger partial charge on any atom is 0.161 e. The van der Waals surface area contributed by atoms with Gasteiger partial charge in [-0.25, -0.2) is 4.98 Å². The van der Waals surface area contributed by atoms with E-state index in [-0.39, 0.29) is 6.04 Å². The van der Waals surface area contributed by atoms with Crippen LogP contribution in [0.1, 0.15) is 25.6 Å². The van der Waals surface area contributed by atoms with Crippen LogP contribution in [-0.2, 0) is 0 Å². The molecule has 0 saturated carbocycles. The Balaban J connectivity index is 2.38. The number of ether oxygens (including phenoxy) is 2. The molecule has 1 heterocycles. The van der Waals surface area contributed by atoms with Crippen molar-refractivity contribution in [3.63, 3.8) is 0 Å². The highest BCUT2D eigenvalue weighted by molar-refractivity contribution is 9.10. The molecule has 1 atom stereocenters. The highest BCUT2D eigenvalue weighted by Gasteiger charge is 2.15. The van der Waals surface area contributed by atoms with Gasteiger partial charge in [0.2, 0.25) is 0 Å². The molecule has 0 radical (unpaired) electrons. The molecule has 1 aromatic heterocycles. The van der Waals surface area contributed by atoms with E-state index in [9.17, 15) is 0 Å². The third kappa shape index (κ3) is 3.56. The molecule has 0 saturated heterocycles. The summed E-state index contributed by atoms with van der Waals surface area (Å²) in [6.07, 6.45) is 0. The SMILES string of the molecule is CCNC(C)c1csc(-c2cc(OC)c(OC)cc2Br)n1. The Kier molecular flexibility index (Phi) is 5.61. The van der Waals surface area contributed by atoms with Crippen molar-refractivity contribution in [2.45, 2.75) is 19.9 Å². The number of aromatic nitrogens is 1. The average molecular weight is 371 g/mol. The molecule has 0 aliphatic rings. The Hall–Kier alpha value is -1.11. The zero-order valence-corrected chi connectivity index (χ0v) is 15.0. The van der Waals surface area contributed by atoms with Gasteiger partial charge in [-0.05, 0) is 41.5 Å². The lowest BCUT2D eigenvalue weighted by Gasteiger charge is -2.11. The maximum absolute atomic E-state index is 5.36. The third-order valence-electron chi connectivity index (χ3n) is 3.18. The Morgan fingerprint density at radius 3 is 2.57 bits per heavy atom. The fourth-order valence-electron chi connectivity index (χ4n) is 2.04. The monoisotopic (exact) mass is 370 g/mol. The molecule has 0 bridgehead atoms. The number of hydrogen-bond donors (Lipinski definition) is 1. The number of nitrogens with zero attached hydrogens (tertiary/aromatic N) is 1. The molecular weight excluding hydrogens is 352 g/mol. The predicted octanol–water partition coefficient (Wildman–Crippen LogP) is 4.26. The lowest BCUT2D eigenvalue weighted by molar-refractivity contribution is 0.355. The molecule has 2 aromatic rings. The highest BCUT2D eigenvalue weighted by Crippen LogP contribution is 2.39. The van der Waals surface area contributed by atoms with Gasteiger partial charge >= 0.3 is 0 Å². The number of benzene rings is 1. The van der Waals surface area contributed by atoms with Crippen molar-refractivity contribution in [2.24, 2.45) is 0 Å². The van der Waals surface area contributed by atoms with Gasteiger partial charge in [-0.15, -0.1) is 11.3 Å². The lowest BCUT2D eigenvalue weighted by Crippen LogP contribution is -2.17. The van der Waals surface area contributed by atoms with Gasteiger partial charge in [0.25, 0.3) is 0 Å². The van der Waals surface area contributed by atoms with Crippen LogP contribution in [0.2, 0.25) is 0 Å². The summed E-state index contributed by atoms with van der Waals surface area (Å²) in [5, 5.41) is 6.42. The summed E-state index contributed by atoms with van der Waals surface area (Å²) in [7, 11) is 3.26. The minimum Gasteiger partial charge on any atom is -0.493 e. The lowest BCUT2D eigenvalue weighted by atomic mass is 10.2. The molecule has 1 unspecified atom stereocenters. The normalized spacial score (nSPS) is 12.2. The second-order valence-corrected chi connectivity index (χ2v) is 6.26. The summed E-state index contributed by atoms with van der Waals surface area (Å²) in [4.78, 5) is 4.72. The number of rotatable bonds is 6. The zero-order chi connectivity index (χ0) is 15.4. The first-order chi connectivity index (χ1) is 10.1. The van der Waals surface area contributed by atoms with Crippen LogP contribution in [0.25, 0.3) is 10.6 Å². The van der Waals surface area contributed by atoms with Gasteiger partial charge in [0.1, 0.15) is 5.01 Å². The second-order valence-electron chi connectivity index (χ2n) is 4.54. The smallest absolute Gasteiger partial charge is 0.161 e. The van der Waals surface area contributed by atoms with Crippen LogP contribution in [0.5, 0.6) is 11.5 Å². The van der Waals surface area contributed by atoms with E-state index in [1.165, 1.54) is 0 Å². The molecule has 114 valence electrons. The van der Waals surface area contributed by atoms with Crippen molar-refractivity contribution < 1.29 is 9.47 Å². The summed E-state index contributed by atoms with van der Waals surface area (Å²) in [5.74, 6) is 1.40. The molecule has 0 spiro atoms. The number of nitrogens with one attached hydrogen (secondary N) is 1. The fraction of sp³-hybridized carbons (Fsp3) is 0.400. The van der Waals surface area contributed by atoms with E-state index in [0.29, 0.717) is 11.5 Å². The first-order valence-corrected chi connectivity index (χ1v) is 8.38. The van der Waals surface area contributed by atoms with Crippen LogP contribution < -0.4 is 14.8 Å². The topological polar surface area (TPSA) is 43.4 Å². The second kappa shape index (κ2) is 7.24. The van der Waals surface area contributed by atoms with Crippen molar-refractivity contribution >= 4 is 27.3 Å². The van der Waals surface area contributed by atoms with Crippen LogP contribution in [0.3, 0.4) is 0 Å². The van der Waals surface area contributed by atoms with Gasteiger partial charge in [0.15, 0.2) is 11.5 Å². The van der Waals surface area contributed by atoms with Gasteiger partial charge < -0.3 is 14.8 Å². The summed E-state index contributed by atoms with van der Waals surface area (Å²) >= 11 is 5.21. The molecule has 0 aliphatic carbocycles. The summed E-state index contributed by atoms with van der Waals surface area (Å²) < 4.78 is 11.6. The average Bonchev–Trinajstić information content (AvgIpc) is 2.96. The van der Waals surface area contributed by atoms with Gasteiger partial charge in [0, 0.05) is 21.5 Å². The molecular formula is C15H19BrN2O2S. The molecule has 1 aromatic carbocycles. The first-order valence-electron chi connectivity index (χ1n) is 6.71. The van der Waals surface area contributed by atoms with E-state index < -0.39 is 0 Å². The van der Waals surface area contributed by atoms with Gasteiger partial charge in [-0.1, -0.05) is 6.92 Å². The van der Waals surface area contributed by atoms with Crippen molar-refractivity contribution in [1.29, 1.82) is 0 Å². The number of methoxy groups -OCH3 is 2. The zero-order valence-electron chi connectivity index (χ0n) is 12.6. The fourth-order valence-corrected chi connectivity index (χ4v) is 3.62.